The number of rotatable bonds is 5. The van der Waals surface area contributed by atoms with E-state index in [4.69, 9.17) is 0 Å². The summed E-state index contributed by atoms with van der Waals surface area (Å²) < 4.78 is 0.983. The van der Waals surface area contributed by atoms with Gasteiger partial charge in [0.2, 0.25) is 5.91 Å². The first kappa shape index (κ1) is 16.2. The molecule has 2 rings (SSSR count). The number of carbonyl (C=O) groups is 2. The fraction of sp³-hybridized carbons (Fsp3) is 0.176. The number of nitrogens with one attached hydrogen (secondary N) is 2. The molecule has 114 valence electrons. The van der Waals surface area contributed by atoms with Gasteiger partial charge in [-0.3, -0.25) is 9.59 Å². The molecule has 0 spiro atoms. The zero-order valence-corrected chi connectivity index (χ0v) is 14.0. The van der Waals surface area contributed by atoms with Gasteiger partial charge in [0.15, 0.2) is 5.78 Å². The zero-order valence-electron chi connectivity index (χ0n) is 12.4. The number of hydrogen-bond acceptors (Lipinski definition) is 3. The molecule has 1 amide bonds. The zero-order chi connectivity index (χ0) is 16.1. The first-order chi connectivity index (χ1) is 10.5. The average molecular weight is 361 g/mol. The van der Waals surface area contributed by atoms with Crippen molar-refractivity contribution in [1.29, 1.82) is 0 Å². The van der Waals surface area contributed by atoms with E-state index < -0.39 is 6.04 Å². The molecule has 2 N–H and O–H groups in total. The number of hydrogen-bond donors (Lipinski definition) is 2. The van der Waals surface area contributed by atoms with Gasteiger partial charge in [0, 0.05) is 21.4 Å². The lowest BCUT2D eigenvalue weighted by atomic mass is 10.1. The van der Waals surface area contributed by atoms with Crippen LogP contribution in [0, 0.1) is 0 Å². The standard InChI is InChI=1S/C17H17BrN2O2/c1-11(19-15-8-6-14(18)7-9-15)17(22)20-16-5-3-4-13(10-16)12(2)21/h3-11,19H,1-2H3,(H,20,22)/t11-/m1/s1. The third kappa shape index (κ3) is 4.43. The molecule has 0 aliphatic heterocycles. The fourth-order valence-electron chi connectivity index (χ4n) is 1.93. The summed E-state index contributed by atoms with van der Waals surface area (Å²) in [6.07, 6.45) is 0. The number of carbonyl (C=O) groups excluding carboxylic acids is 2. The number of amides is 1. The highest BCUT2D eigenvalue weighted by molar-refractivity contribution is 9.10. The Morgan fingerprint density at radius 2 is 1.73 bits per heavy atom. The maximum absolute atomic E-state index is 12.2. The highest BCUT2D eigenvalue weighted by atomic mass is 79.9. The van der Waals surface area contributed by atoms with Crippen molar-refractivity contribution in [3.8, 4) is 0 Å². The average Bonchev–Trinajstić information content (AvgIpc) is 2.49. The highest BCUT2D eigenvalue weighted by Crippen LogP contribution is 2.16. The molecule has 0 unspecified atom stereocenters. The molecule has 1 atom stereocenters. The van der Waals surface area contributed by atoms with Crippen molar-refractivity contribution in [1.82, 2.24) is 0 Å². The van der Waals surface area contributed by atoms with Crippen LogP contribution in [-0.2, 0) is 4.79 Å². The van der Waals surface area contributed by atoms with Gasteiger partial charge in [-0.25, -0.2) is 0 Å². The summed E-state index contributed by atoms with van der Waals surface area (Å²) in [6.45, 7) is 3.28. The smallest absolute Gasteiger partial charge is 0.246 e. The van der Waals surface area contributed by atoms with E-state index in [9.17, 15) is 9.59 Å². The van der Waals surface area contributed by atoms with E-state index in [2.05, 4.69) is 26.6 Å². The molecule has 2 aromatic rings. The molecule has 0 heterocycles. The summed E-state index contributed by atoms with van der Waals surface area (Å²) >= 11 is 3.37. The Bertz CT molecular complexity index is 683. The molecule has 0 bridgehead atoms. The van der Waals surface area contributed by atoms with Crippen molar-refractivity contribution >= 4 is 39.0 Å². The van der Waals surface area contributed by atoms with Crippen molar-refractivity contribution < 1.29 is 9.59 Å². The summed E-state index contributed by atoms with van der Waals surface area (Å²) in [7, 11) is 0. The lowest BCUT2D eigenvalue weighted by molar-refractivity contribution is -0.116. The van der Waals surface area contributed by atoms with Gasteiger partial charge in [-0.15, -0.1) is 0 Å². The molecule has 0 aliphatic rings. The van der Waals surface area contributed by atoms with Gasteiger partial charge in [-0.05, 0) is 50.2 Å². The number of halogens is 1. The van der Waals surface area contributed by atoms with Gasteiger partial charge < -0.3 is 10.6 Å². The maximum Gasteiger partial charge on any atom is 0.246 e. The molecule has 22 heavy (non-hydrogen) atoms. The second-order valence-corrected chi connectivity index (χ2v) is 5.91. The van der Waals surface area contributed by atoms with Crippen LogP contribution in [-0.4, -0.2) is 17.7 Å². The van der Waals surface area contributed by atoms with Crippen LogP contribution in [0.1, 0.15) is 24.2 Å². The number of Topliss-reactive ketones (excluding diaryl/α,β-unsaturated/α-hetero) is 1. The van der Waals surface area contributed by atoms with Crippen LogP contribution in [0.25, 0.3) is 0 Å². The first-order valence-corrected chi connectivity index (χ1v) is 7.69. The van der Waals surface area contributed by atoms with Crippen LogP contribution in [0.4, 0.5) is 11.4 Å². The molecule has 0 radical (unpaired) electrons. The SMILES string of the molecule is CC(=O)c1cccc(NC(=O)[C@@H](C)Nc2ccc(Br)cc2)c1. The van der Waals surface area contributed by atoms with E-state index in [1.165, 1.54) is 6.92 Å². The quantitative estimate of drug-likeness (QED) is 0.789. The number of benzene rings is 2. The normalized spacial score (nSPS) is 11.6. The molecule has 2 aromatic carbocycles. The largest absolute Gasteiger partial charge is 0.374 e. The predicted molar refractivity (Wildman–Crippen MR) is 92.3 cm³/mol. The topological polar surface area (TPSA) is 58.2 Å². The van der Waals surface area contributed by atoms with E-state index in [1.807, 2.05) is 24.3 Å². The summed E-state index contributed by atoms with van der Waals surface area (Å²) in [6, 6.07) is 14.1. The lowest BCUT2D eigenvalue weighted by Gasteiger charge is -2.15. The Balaban J connectivity index is 2.00. The molecule has 0 fully saturated rings. The Labute approximate surface area is 138 Å². The van der Waals surface area contributed by atoms with E-state index in [0.29, 0.717) is 11.3 Å². The van der Waals surface area contributed by atoms with E-state index in [1.54, 1.807) is 31.2 Å². The number of ketones is 1. The monoisotopic (exact) mass is 360 g/mol. The molecule has 0 aliphatic carbocycles. The minimum atomic E-state index is -0.401. The molecular formula is C17H17BrN2O2. The van der Waals surface area contributed by atoms with Crippen LogP contribution in [0.15, 0.2) is 53.0 Å². The van der Waals surface area contributed by atoms with E-state index >= 15 is 0 Å². The van der Waals surface area contributed by atoms with Crippen LogP contribution >= 0.6 is 15.9 Å². The first-order valence-electron chi connectivity index (χ1n) is 6.89. The van der Waals surface area contributed by atoms with Gasteiger partial charge in [-0.1, -0.05) is 28.1 Å². The van der Waals surface area contributed by atoms with Gasteiger partial charge in [0.05, 0.1) is 0 Å². The molecule has 5 heteroatoms. The molecular weight excluding hydrogens is 344 g/mol. The molecule has 0 saturated carbocycles. The van der Waals surface area contributed by atoms with Crippen molar-refractivity contribution in [3.63, 3.8) is 0 Å². The summed E-state index contributed by atoms with van der Waals surface area (Å²) in [5.41, 5.74) is 2.05. The Morgan fingerprint density at radius 3 is 2.36 bits per heavy atom. The van der Waals surface area contributed by atoms with Gasteiger partial charge >= 0.3 is 0 Å². The summed E-state index contributed by atoms with van der Waals surface area (Å²) in [5, 5.41) is 5.93. The minimum absolute atomic E-state index is 0.0304. The minimum Gasteiger partial charge on any atom is -0.374 e. The van der Waals surface area contributed by atoms with Crippen molar-refractivity contribution in [3.05, 3.63) is 58.6 Å². The second-order valence-electron chi connectivity index (χ2n) is 5.00. The third-order valence-electron chi connectivity index (χ3n) is 3.16. The summed E-state index contributed by atoms with van der Waals surface area (Å²) in [4.78, 5) is 23.6. The van der Waals surface area contributed by atoms with Gasteiger partial charge in [0.1, 0.15) is 6.04 Å². The maximum atomic E-state index is 12.2. The summed E-state index contributed by atoms with van der Waals surface area (Å²) in [5.74, 6) is -0.194. The fourth-order valence-corrected chi connectivity index (χ4v) is 2.19. The lowest BCUT2D eigenvalue weighted by Crippen LogP contribution is -2.31. The highest BCUT2D eigenvalue weighted by Gasteiger charge is 2.13. The molecule has 0 aromatic heterocycles. The molecule has 0 saturated heterocycles. The van der Waals surface area contributed by atoms with Crippen LogP contribution in [0.3, 0.4) is 0 Å². The number of anilines is 2. The van der Waals surface area contributed by atoms with Crippen LogP contribution in [0.5, 0.6) is 0 Å². The van der Waals surface area contributed by atoms with Crippen LogP contribution in [0.2, 0.25) is 0 Å². The van der Waals surface area contributed by atoms with E-state index in [-0.39, 0.29) is 11.7 Å². The Kier molecular flexibility index (Phi) is 5.33. The van der Waals surface area contributed by atoms with Gasteiger partial charge in [-0.2, -0.15) is 0 Å². The Morgan fingerprint density at radius 1 is 1.05 bits per heavy atom. The van der Waals surface area contributed by atoms with Crippen molar-refractivity contribution in [2.45, 2.75) is 19.9 Å². The van der Waals surface area contributed by atoms with Crippen LogP contribution < -0.4 is 10.6 Å². The molecule has 4 nitrogen and oxygen atoms in total. The third-order valence-corrected chi connectivity index (χ3v) is 3.69. The van der Waals surface area contributed by atoms with Gasteiger partial charge in [0.25, 0.3) is 0 Å². The Hall–Kier alpha value is -2.14. The predicted octanol–water partition coefficient (Wildman–Crippen LogP) is 4.09. The van der Waals surface area contributed by atoms with E-state index in [0.717, 1.165) is 10.2 Å². The van der Waals surface area contributed by atoms with Crippen molar-refractivity contribution in [2.24, 2.45) is 0 Å². The van der Waals surface area contributed by atoms with Crippen molar-refractivity contribution in [2.75, 3.05) is 10.6 Å². The second kappa shape index (κ2) is 7.22.